The summed E-state index contributed by atoms with van der Waals surface area (Å²) in [7, 11) is 0. The number of aliphatic hydroxyl groups excluding tert-OH is 1. The molecule has 7 heteroatoms. The van der Waals surface area contributed by atoms with Gasteiger partial charge in [-0.3, -0.25) is 10.1 Å². The number of nitro groups is 1. The number of nitrogens with two attached hydrogens (primary N) is 1. The minimum atomic E-state index is -0.546. The molecule has 0 saturated heterocycles. The van der Waals surface area contributed by atoms with Gasteiger partial charge in [-0.05, 0) is 11.6 Å². The minimum Gasteiger partial charge on any atom is -0.484 e. The molecule has 17 heavy (non-hydrogen) atoms. The second-order valence-corrected chi connectivity index (χ2v) is 3.80. The van der Waals surface area contributed by atoms with Crippen LogP contribution in [0.15, 0.2) is 18.2 Å². The Morgan fingerprint density at radius 2 is 2.29 bits per heavy atom. The van der Waals surface area contributed by atoms with Crippen LogP contribution in [0.4, 0.5) is 5.69 Å². The molecule has 0 fully saturated rings. The number of thiocarbonyl (C=S) groups is 1. The molecule has 0 aliphatic carbocycles. The Bertz CT molecular complexity index is 436. The van der Waals surface area contributed by atoms with Crippen molar-refractivity contribution in [2.24, 2.45) is 5.73 Å². The zero-order valence-corrected chi connectivity index (χ0v) is 9.77. The number of nitro benzene ring substituents is 1. The maximum absolute atomic E-state index is 10.8. The Labute approximate surface area is 103 Å². The fourth-order valence-electron chi connectivity index (χ4n) is 1.29. The van der Waals surface area contributed by atoms with E-state index >= 15 is 0 Å². The van der Waals surface area contributed by atoms with Crippen molar-refractivity contribution in [1.82, 2.24) is 0 Å². The SMILES string of the molecule is NC(=S)Cc1ccc(OCCO)c([N+](=O)[O-])c1. The molecule has 0 heterocycles. The lowest BCUT2D eigenvalue weighted by atomic mass is 10.1. The van der Waals surface area contributed by atoms with E-state index in [-0.39, 0.29) is 29.6 Å². The molecule has 0 aliphatic rings. The van der Waals surface area contributed by atoms with Gasteiger partial charge in [0.15, 0.2) is 5.75 Å². The van der Waals surface area contributed by atoms with Gasteiger partial charge in [-0.15, -0.1) is 0 Å². The number of benzene rings is 1. The number of aliphatic hydroxyl groups is 1. The summed E-state index contributed by atoms with van der Waals surface area (Å²) in [6.45, 7) is -0.193. The smallest absolute Gasteiger partial charge is 0.311 e. The van der Waals surface area contributed by atoms with Gasteiger partial charge in [-0.25, -0.2) is 0 Å². The number of nitrogens with zero attached hydrogens (tertiary/aromatic N) is 1. The molecule has 1 aromatic rings. The summed E-state index contributed by atoms with van der Waals surface area (Å²) in [6, 6.07) is 4.49. The quantitative estimate of drug-likeness (QED) is 0.443. The Morgan fingerprint density at radius 1 is 1.59 bits per heavy atom. The molecule has 0 aromatic heterocycles. The van der Waals surface area contributed by atoms with Crippen LogP contribution >= 0.6 is 12.2 Å². The predicted octanol–water partition coefficient (Wildman–Crippen LogP) is 0.794. The molecule has 0 saturated carbocycles. The molecule has 92 valence electrons. The molecule has 3 N–H and O–H groups in total. The summed E-state index contributed by atoms with van der Waals surface area (Å²) in [4.78, 5) is 10.5. The van der Waals surface area contributed by atoms with E-state index in [1.165, 1.54) is 12.1 Å². The van der Waals surface area contributed by atoms with E-state index in [9.17, 15) is 10.1 Å². The van der Waals surface area contributed by atoms with E-state index in [1.54, 1.807) is 6.07 Å². The highest BCUT2D eigenvalue weighted by Gasteiger charge is 2.16. The Hall–Kier alpha value is -1.73. The van der Waals surface area contributed by atoms with Gasteiger partial charge in [0, 0.05) is 12.5 Å². The summed E-state index contributed by atoms with van der Waals surface area (Å²) in [5.41, 5.74) is 5.86. The normalized spacial score (nSPS) is 9.94. The Balaban J connectivity index is 2.99. The predicted molar refractivity (Wildman–Crippen MR) is 66.2 cm³/mol. The van der Waals surface area contributed by atoms with Gasteiger partial charge in [0.2, 0.25) is 0 Å². The van der Waals surface area contributed by atoms with Gasteiger partial charge in [0.1, 0.15) is 6.61 Å². The summed E-state index contributed by atoms with van der Waals surface area (Å²) in [5, 5.41) is 19.4. The van der Waals surface area contributed by atoms with Crippen LogP contribution in [0.2, 0.25) is 0 Å². The van der Waals surface area contributed by atoms with Crippen molar-refractivity contribution in [3.05, 3.63) is 33.9 Å². The Morgan fingerprint density at radius 3 is 2.82 bits per heavy atom. The lowest BCUT2D eigenvalue weighted by Crippen LogP contribution is -2.11. The summed E-state index contributed by atoms with van der Waals surface area (Å²) >= 11 is 4.73. The molecule has 0 radical (unpaired) electrons. The average molecular weight is 256 g/mol. The van der Waals surface area contributed by atoms with Crippen molar-refractivity contribution in [2.75, 3.05) is 13.2 Å². The molecule has 6 nitrogen and oxygen atoms in total. The third kappa shape index (κ3) is 3.97. The molecule has 1 aromatic carbocycles. The topological polar surface area (TPSA) is 98.6 Å². The van der Waals surface area contributed by atoms with Crippen LogP contribution in [0.5, 0.6) is 5.75 Å². The first kappa shape index (κ1) is 13.3. The van der Waals surface area contributed by atoms with Gasteiger partial charge in [-0.1, -0.05) is 18.3 Å². The van der Waals surface area contributed by atoms with Crippen molar-refractivity contribution in [3.63, 3.8) is 0 Å². The van der Waals surface area contributed by atoms with Crippen molar-refractivity contribution in [2.45, 2.75) is 6.42 Å². The molecule has 0 aliphatic heterocycles. The Kier molecular flexibility index (Phi) is 4.80. The highest BCUT2D eigenvalue weighted by atomic mass is 32.1. The highest BCUT2D eigenvalue weighted by Crippen LogP contribution is 2.28. The summed E-state index contributed by atoms with van der Waals surface area (Å²) in [5.74, 6) is 0.121. The molecule has 0 unspecified atom stereocenters. The number of hydrogen-bond acceptors (Lipinski definition) is 5. The van der Waals surface area contributed by atoms with Crippen molar-refractivity contribution in [3.8, 4) is 5.75 Å². The van der Waals surface area contributed by atoms with E-state index in [4.69, 9.17) is 27.8 Å². The molecule has 0 bridgehead atoms. The zero-order chi connectivity index (χ0) is 12.8. The number of rotatable bonds is 6. The van der Waals surface area contributed by atoms with Gasteiger partial charge in [0.05, 0.1) is 16.5 Å². The van der Waals surface area contributed by atoms with Gasteiger partial charge in [-0.2, -0.15) is 0 Å². The van der Waals surface area contributed by atoms with Crippen molar-refractivity contribution < 1.29 is 14.8 Å². The standard InChI is InChI=1S/C10H12N2O4S/c11-10(17)6-7-1-2-9(16-4-3-13)8(5-7)12(14)15/h1-2,5,13H,3-4,6H2,(H2,11,17). The fraction of sp³-hybridized carbons (Fsp3) is 0.300. The first-order chi connectivity index (χ1) is 8.04. The van der Waals surface area contributed by atoms with E-state index < -0.39 is 4.92 Å². The largest absolute Gasteiger partial charge is 0.484 e. The van der Waals surface area contributed by atoms with Crippen LogP contribution in [0.3, 0.4) is 0 Å². The third-order valence-corrected chi connectivity index (χ3v) is 2.09. The molecule has 1 rings (SSSR count). The fourth-order valence-corrected chi connectivity index (χ4v) is 1.46. The maximum Gasteiger partial charge on any atom is 0.311 e. The second kappa shape index (κ2) is 6.12. The maximum atomic E-state index is 10.8. The van der Waals surface area contributed by atoms with E-state index in [0.29, 0.717) is 12.0 Å². The average Bonchev–Trinajstić information content (AvgIpc) is 2.26. The monoisotopic (exact) mass is 256 g/mol. The summed E-state index contributed by atoms with van der Waals surface area (Å²) < 4.78 is 5.05. The number of ether oxygens (including phenoxy) is 1. The number of hydrogen-bond donors (Lipinski definition) is 2. The van der Waals surface area contributed by atoms with E-state index in [2.05, 4.69) is 0 Å². The molecule has 0 amide bonds. The van der Waals surface area contributed by atoms with Crippen LogP contribution in [0.25, 0.3) is 0 Å². The molecule has 0 atom stereocenters. The van der Waals surface area contributed by atoms with E-state index in [1.807, 2.05) is 0 Å². The van der Waals surface area contributed by atoms with Crippen LogP contribution in [-0.2, 0) is 6.42 Å². The molecular formula is C10H12N2O4S. The van der Waals surface area contributed by atoms with Crippen LogP contribution < -0.4 is 10.5 Å². The van der Waals surface area contributed by atoms with Gasteiger partial charge < -0.3 is 15.6 Å². The lowest BCUT2D eigenvalue weighted by Gasteiger charge is -2.06. The molecular weight excluding hydrogens is 244 g/mol. The first-order valence-corrected chi connectivity index (χ1v) is 5.24. The molecule has 0 spiro atoms. The third-order valence-electron chi connectivity index (χ3n) is 1.95. The van der Waals surface area contributed by atoms with Gasteiger partial charge >= 0.3 is 5.69 Å². The van der Waals surface area contributed by atoms with Gasteiger partial charge in [0.25, 0.3) is 0 Å². The van der Waals surface area contributed by atoms with Crippen LogP contribution in [0.1, 0.15) is 5.56 Å². The zero-order valence-electron chi connectivity index (χ0n) is 8.96. The first-order valence-electron chi connectivity index (χ1n) is 4.84. The van der Waals surface area contributed by atoms with Crippen molar-refractivity contribution in [1.29, 1.82) is 0 Å². The van der Waals surface area contributed by atoms with Crippen LogP contribution in [0, 0.1) is 10.1 Å². The second-order valence-electron chi connectivity index (χ2n) is 3.27. The minimum absolute atomic E-state index is 0.00941. The summed E-state index contributed by atoms with van der Waals surface area (Å²) in [6.07, 6.45) is 0.302. The van der Waals surface area contributed by atoms with Crippen molar-refractivity contribution >= 4 is 22.9 Å². The van der Waals surface area contributed by atoms with Crippen LogP contribution in [-0.4, -0.2) is 28.2 Å². The van der Waals surface area contributed by atoms with E-state index in [0.717, 1.165) is 0 Å². The highest BCUT2D eigenvalue weighted by molar-refractivity contribution is 7.80. The lowest BCUT2D eigenvalue weighted by molar-refractivity contribution is -0.385.